The van der Waals surface area contributed by atoms with Gasteiger partial charge in [-0.3, -0.25) is 0 Å². The summed E-state index contributed by atoms with van der Waals surface area (Å²) >= 11 is 0. The number of fused-ring (bicyclic) bond motifs is 6. The number of hydrogen-bond donors (Lipinski definition) is 0. The van der Waals surface area contributed by atoms with Gasteiger partial charge in [-0.2, -0.15) is 0 Å². The van der Waals surface area contributed by atoms with E-state index in [4.69, 9.17) is 14.2 Å². The zero-order valence-electron chi connectivity index (χ0n) is 26.0. The third kappa shape index (κ3) is 5.20. The predicted molar refractivity (Wildman–Crippen MR) is 175 cm³/mol. The number of aryl methyl sites for hydroxylation is 1. The Morgan fingerprint density at radius 3 is 2.56 bits per heavy atom. The van der Waals surface area contributed by atoms with Crippen LogP contribution in [0.1, 0.15) is 77.3 Å². The van der Waals surface area contributed by atoms with Gasteiger partial charge >= 0.3 is 6.16 Å². The van der Waals surface area contributed by atoms with Crippen molar-refractivity contribution in [2.24, 2.45) is 0 Å². The highest BCUT2D eigenvalue weighted by atomic mass is 16.7. The number of unbranched alkanes of at least 4 members (excludes halogenated alkanes) is 5. The first kappa shape index (κ1) is 29.3. The number of anilines is 1. The van der Waals surface area contributed by atoms with Gasteiger partial charge < -0.3 is 23.7 Å². The van der Waals surface area contributed by atoms with Crippen molar-refractivity contribution in [3.8, 4) is 5.75 Å². The Hall–Kier alpha value is -3.77. The maximum Gasteiger partial charge on any atom is 0.513 e. The van der Waals surface area contributed by atoms with Crippen molar-refractivity contribution in [2.75, 3.05) is 24.7 Å². The summed E-state index contributed by atoms with van der Waals surface area (Å²) in [6.07, 6.45) is 11.5. The highest BCUT2D eigenvalue weighted by molar-refractivity contribution is 6.08. The van der Waals surface area contributed by atoms with Crippen molar-refractivity contribution in [3.05, 3.63) is 77.9 Å². The van der Waals surface area contributed by atoms with E-state index in [2.05, 4.69) is 84.9 Å². The van der Waals surface area contributed by atoms with E-state index in [1.165, 1.54) is 60.3 Å². The lowest BCUT2D eigenvalue weighted by molar-refractivity contribution is 0.000304. The molecular formula is C37H44N2O4. The highest BCUT2D eigenvalue weighted by Gasteiger charge is 2.59. The number of ether oxygens (including phenoxy) is 3. The summed E-state index contributed by atoms with van der Waals surface area (Å²) in [4.78, 5) is 14.3. The van der Waals surface area contributed by atoms with Gasteiger partial charge in [-0.05, 0) is 66.9 Å². The van der Waals surface area contributed by atoms with Crippen LogP contribution in [0.2, 0.25) is 0 Å². The first-order chi connectivity index (χ1) is 20.9. The van der Waals surface area contributed by atoms with E-state index in [1.54, 1.807) is 6.92 Å². The molecule has 0 radical (unpaired) electrons. The molecule has 43 heavy (non-hydrogen) atoms. The Morgan fingerprint density at radius 2 is 1.72 bits per heavy atom. The quantitative estimate of drug-likeness (QED) is 0.101. The monoisotopic (exact) mass is 580 g/mol. The lowest BCUT2D eigenvalue weighted by atomic mass is 9.77. The molecule has 6 nitrogen and oxygen atoms in total. The summed E-state index contributed by atoms with van der Waals surface area (Å²) in [5.74, 6) is 0.480. The summed E-state index contributed by atoms with van der Waals surface area (Å²) in [5.41, 5.74) is 4.93. The predicted octanol–water partition coefficient (Wildman–Crippen LogP) is 9.23. The Kier molecular flexibility index (Phi) is 8.23. The van der Waals surface area contributed by atoms with E-state index >= 15 is 0 Å². The molecule has 0 bridgehead atoms. The molecule has 0 saturated carbocycles. The number of carbonyl (C=O) groups excluding carboxylic acids is 1. The van der Waals surface area contributed by atoms with Crippen molar-refractivity contribution < 1.29 is 19.0 Å². The van der Waals surface area contributed by atoms with E-state index in [9.17, 15) is 4.79 Å². The minimum Gasteiger partial charge on any atom is -0.434 e. The molecule has 2 aliphatic heterocycles. The Morgan fingerprint density at radius 1 is 0.930 bits per heavy atom. The Bertz CT molecular complexity index is 1650. The van der Waals surface area contributed by atoms with Crippen LogP contribution in [-0.2, 0) is 21.4 Å². The topological polar surface area (TPSA) is 52.9 Å². The average Bonchev–Trinajstić information content (AvgIpc) is 3.63. The second-order valence-electron chi connectivity index (χ2n) is 12.3. The summed E-state index contributed by atoms with van der Waals surface area (Å²) in [6, 6.07) is 21.4. The van der Waals surface area contributed by atoms with E-state index in [1.807, 2.05) is 18.2 Å². The van der Waals surface area contributed by atoms with Crippen LogP contribution >= 0.6 is 0 Å². The average molecular weight is 581 g/mol. The highest BCUT2D eigenvalue weighted by Crippen LogP contribution is 2.56. The van der Waals surface area contributed by atoms with E-state index in [-0.39, 0.29) is 12.0 Å². The van der Waals surface area contributed by atoms with Crippen LogP contribution in [0.15, 0.2) is 66.7 Å². The largest absolute Gasteiger partial charge is 0.513 e. The molecule has 0 spiro atoms. The van der Waals surface area contributed by atoms with Crippen molar-refractivity contribution in [1.29, 1.82) is 0 Å². The molecule has 3 heterocycles. The van der Waals surface area contributed by atoms with Crippen molar-refractivity contribution in [1.82, 2.24) is 4.57 Å². The molecule has 6 rings (SSSR count). The van der Waals surface area contributed by atoms with Crippen LogP contribution in [0.5, 0.6) is 5.75 Å². The van der Waals surface area contributed by atoms with E-state index in [0.29, 0.717) is 12.4 Å². The van der Waals surface area contributed by atoms with Gasteiger partial charge in [-0.1, -0.05) is 83.2 Å². The summed E-state index contributed by atoms with van der Waals surface area (Å²) in [6.45, 7) is 11.2. The molecule has 1 fully saturated rings. The van der Waals surface area contributed by atoms with Gasteiger partial charge in [0.05, 0.1) is 13.2 Å². The van der Waals surface area contributed by atoms with Crippen LogP contribution in [-0.4, -0.2) is 36.2 Å². The van der Waals surface area contributed by atoms with Gasteiger partial charge in [0.25, 0.3) is 0 Å². The molecule has 1 atom stereocenters. The van der Waals surface area contributed by atoms with Gasteiger partial charge in [0.1, 0.15) is 5.75 Å². The molecule has 1 saturated heterocycles. The minimum atomic E-state index is -0.687. The van der Waals surface area contributed by atoms with Gasteiger partial charge in [-0.25, -0.2) is 4.79 Å². The molecular weight excluding hydrogens is 536 g/mol. The number of hydrogen-bond acceptors (Lipinski definition) is 5. The number of rotatable bonds is 11. The second kappa shape index (κ2) is 12.1. The van der Waals surface area contributed by atoms with Crippen LogP contribution in [0.4, 0.5) is 10.5 Å². The first-order valence-electron chi connectivity index (χ1n) is 16.0. The fraction of sp³-hybridized carbons (Fsp3) is 0.432. The molecule has 3 aromatic carbocycles. The number of para-hydroxylation sites is 1. The van der Waals surface area contributed by atoms with Crippen LogP contribution in [0.3, 0.4) is 0 Å². The van der Waals surface area contributed by atoms with Gasteiger partial charge in [-0.15, -0.1) is 0 Å². The third-order valence-electron chi connectivity index (χ3n) is 9.36. The maximum atomic E-state index is 12.0. The fourth-order valence-corrected chi connectivity index (χ4v) is 7.13. The zero-order valence-corrected chi connectivity index (χ0v) is 26.0. The van der Waals surface area contributed by atoms with Crippen LogP contribution in [0, 0.1) is 0 Å². The van der Waals surface area contributed by atoms with Crippen LogP contribution in [0.25, 0.3) is 27.9 Å². The fourth-order valence-electron chi connectivity index (χ4n) is 7.13. The third-order valence-corrected chi connectivity index (χ3v) is 9.36. The minimum absolute atomic E-state index is 0.274. The maximum absolute atomic E-state index is 12.0. The van der Waals surface area contributed by atoms with Crippen molar-refractivity contribution >= 4 is 39.7 Å². The van der Waals surface area contributed by atoms with Gasteiger partial charge in [0.2, 0.25) is 0 Å². The van der Waals surface area contributed by atoms with Gasteiger partial charge in [0.15, 0.2) is 5.72 Å². The van der Waals surface area contributed by atoms with Crippen LogP contribution < -0.4 is 9.64 Å². The summed E-state index contributed by atoms with van der Waals surface area (Å²) in [7, 11) is 0. The molecule has 1 aromatic heterocycles. The first-order valence-corrected chi connectivity index (χ1v) is 16.0. The van der Waals surface area contributed by atoms with Crippen molar-refractivity contribution in [3.63, 3.8) is 0 Å². The lowest BCUT2D eigenvalue weighted by Crippen LogP contribution is -2.51. The molecule has 4 aromatic rings. The summed E-state index contributed by atoms with van der Waals surface area (Å²) < 4.78 is 19.5. The smallest absolute Gasteiger partial charge is 0.434 e. The number of aromatic nitrogens is 1. The molecule has 0 aliphatic carbocycles. The lowest BCUT2D eigenvalue weighted by Gasteiger charge is -2.39. The number of carbonyl (C=O) groups is 1. The standard InChI is InChI=1S/C37H44N2O4/c1-5-7-8-9-10-13-22-38-32-15-12-11-14-29(32)30-25-27(16-18-33(30)38)20-21-37-36(3,4)31-26-28(43-35(40)41-6-2)17-19-34(31)39(37)23-24-42-37/h11-12,14-21,25-26H,5-10,13,22-24H2,1-4H3. The Labute approximate surface area is 255 Å². The summed E-state index contributed by atoms with van der Waals surface area (Å²) in [5, 5.41) is 2.60. The van der Waals surface area contributed by atoms with Gasteiger partial charge in [0, 0.05) is 46.0 Å². The number of benzene rings is 3. The Balaban J connectivity index is 1.29. The normalized spacial score (nSPS) is 18.9. The number of nitrogens with zero attached hydrogens (tertiary/aromatic N) is 2. The second-order valence-corrected chi connectivity index (χ2v) is 12.3. The molecule has 1 unspecified atom stereocenters. The zero-order chi connectivity index (χ0) is 30.0. The van der Waals surface area contributed by atoms with Crippen molar-refractivity contribution in [2.45, 2.75) is 83.9 Å². The van der Waals surface area contributed by atoms with E-state index < -0.39 is 11.9 Å². The molecule has 226 valence electrons. The SMILES string of the molecule is CCCCCCCCn1c2ccccc2c2cc(C=CC34OCCN3c3ccc(OC(=O)OCC)cc3C4(C)C)ccc21. The molecule has 2 aliphatic rings. The van der Waals surface area contributed by atoms with E-state index in [0.717, 1.165) is 29.9 Å². The molecule has 6 heteroatoms. The molecule has 0 N–H and O–H groups in total. The molecule has 0 amide bonds.